The summed E-state index contributed by atoms with van der Waals surface area (Å²) in [6, 6.07) is 21.0. The van der Waals surface area contributed by atoms with Crippen molar-refractivity contribution in [1.29, 1.82) is 0 Å². The molecule has 0 spiro atoms. The minimum absolute atomic E-state index is 0.224. The zero-order valence-electron chi connectivity index (χ0n) is 17.1. The highest BCUT2D eigenvalue weighted by atomic mass is 32.1. The molecule has 0 nitrogen and oxygen atoms in total. The van der Waals surface area contributed by atoms with Crippen molar-refractivity contribution < 1.29 is 0 Å². The molecule has 134 valence electrons. The second-order valence-corrected chi connectivity index (χ2v) is 8.78. The lowest BCUT2D eigenvalue weighted by atomic mass is 9.59. The van der Waals surface area contributed by atoms with E-state index >= 15 is 0 Å². The maximum atomic E-state index is 6.35. The molecule has 5 rings (SSSR count). The fourth-order valence-electron chi connectivity index (χ4n) is 4.34. The maximum Gasteiger partial charge on any atom is 0.113 e. The molecule has 0 unspecified atom stereocenters. The molecule has 1 aromatic heterocycles. The molecular weight excluding hydrogens is 386 g/mol. The van der Waals surface area contributed by atoms with Crippen molar-refractivity contribution in [3.63, 3.8) is 0 Å². The Labute approximate surface area is 193 Å². The zero-order valence-corrected chi connectivity index (χ0v) is 17.9. The normalized spacial score (nSPS) is 11.4. The van der Waals surface area contributed by atoms with E-state index in [-0.39, 0.29) is 16.4 Å². The van der Waals surface area contributed by atoms with E-state index in [9.17, 15) is 0 Å². The summed E-state index contributed by atoms with van der Waals surface area (Å²) < 4.78 is 2.52. The fraction of sp³-hybridized carbons (Fsp3) is 0.0400. The van der Waals surface area contributed by atoms with Gasteiger partial charge in [-0.05, 0) is 46.9 Å². The van der Waals surface area contributed by atoms with Crippen molar-refractivity contribution in [3.8, 4) is 22.3 Å². The molecular formula is C25H13B5S. The van der Waals surface area contributed by atoms with E-state index in [1.807, 2.05) is 12.1 Å². The summed E-state index contributed by atoms with van der Waals surface area (Å²) in [5.74, 6) is 0. The van der Waals surface area contributed by atoms with Crippen molar-refractivity contribution in [2.75, 3.05) is 0 Å². The molecule has 0 bridgehead atoms. The van der Waals surface area contributed by atoms with Gasteiger partial charge in [-0.25, -0.2) is 0 Å². The van der Waals surface area contributed by atoms with Crippen LogP contribution in [0.5, 0.6) is 0 Å². The first-order valence-electron chi connectivity index (χ1n) is 9.92. The Morgan fingerprint density at radius 3 is 1.84 bits per heavy atom. The summed E-state index contributed by atoms with van der Waals surface area (Å²) in [7, 11) is 30.9. The summed E-state index contributed by atoms with van der Waals surface area (Å²) >= 11 is 1.80. The van der Waals surface area contributed by atoms with Gasteiger partial charge in [-0.3, -0.25) is 0 Å². The van der Waals surface area contributed by atoms with E-state index in [0.717, 1.165) is 16.7 Å². The molecule has 5 aromatic rings. The van der Waals surface area contributed by atoms with E-state index in [1.54, 1.807) is 11.3 Å². The van der Waals surface area contributed by atoms with E-state index in [4.69, 9.17) is 39.2 Å². The van der Waals surface area contributed by atoms with Crippen molar-refractivity contribution in [2.24, 2.45) is 0 Å². The monoisotopic (exact) mass is 400 g/mol. The first-order valence-corrected chi connectivity index (χ1v) is 10.7. The summed E-state index contributed by atoms with van der Waals surface area (Å²) in [5.41, 5.74) is 6.30. The Hall–Kier alpha value is -2.58. The van der Waals surface area contributed by atoms with Crippen molar-refractivity contribution in [1.82, 2.24) is 0 Å². The Morgan fingerprint density at radius 2 is 1.10 bits per heavy atom. The summed E-state index contributed by atoms with van der Waals surface area (Å²) in [4.78, 5) is 0. The van der Waals surface area contributed by atoms with Crippen LogP contribution in [0.3, 0.4) is 0 Å². The smallest absolute Gasteiger partial charge is 0.113 e. The van der Waals surface area contributed by atoms with Crippen LogP contribution in [-0.2, 0) is 0 Å². The molecule has 31 heavy (non-hydrogen) atoms. The Morgan fingerprint density at radius 1 is 0.548 bits per heavy atom. The molecule has 0 aliphatic heterocycles. The standard InChI is InChI=1S/C25H13B5S/c1-12-13(15-9-5-11-18-19(15)16-6-2-3-10-17(16)31-18)7-4-8-14(12)20-21(26)23(28)25(30)24(29)22(20)27/h2-11H,1H3. The van der Waals surface area contributed by atoms with E-state index in [1.165, 1.54) is 25.7 Å². The van der Waals surface area contributed by atoms with Gasteiger partial charge in [0.1, 0.15) is 39.2 Å². The minimum atomic E-state index is 0.224. The van der Waals surface area contributed by atoms with Crippen LogP contribution in [0.1, 0.15) is 5.56 Å². The summed E-state index contributed by atoms with van der Waals surface area (Å²) in [6.45, 7) is 2.07. The second-order valence-electron chi connectivity index (χ2n) is 7.70. The molecule has 4 aromatic carbocycles. The zero-order chi connectivity index (χ0) is 21.9. The molecule has 6 heteroatoms. The number of hydrogen-bond acceptors (Lipinski definition) is 1. The molecule has 1 heterocycles. The third-order valence-electron chi connectivity index (χ3n) is 6.00. The third kappa shape index (κ3) is 3.04. The van der Waals surface area contributed by atoms with Gasteiger partial charge in [0, 0.05) is 20.2 Å². The van der Waals surface area contributed by atoms with Gasteiger partial charge in [-0.15, -0.1) is 27.7 Å². The van der Waals surface area contributed by atoms with Gasteiger partial charge in [0.05, 0.1) is 0 Å². The first kappa shape index (κ1) is 20.3. The Balaban J connectivity index is 1.83. The van der Waals surface area contributed by atoms with Crippen LogP contribution >= 0.6 is 11.3 Å². The fourth-order valence-corrected chi connectivity index (χ4v) is 5.47. The van der Waals surface area contributed by atoms with Gasteiger partial charge < -0.3 is 0 Å². The Bertz CT molecular complexity index is 1470. The lowest BCUT2D eigenvalue weighted by molar-refractivity contribution is 1.47. The quantitative estimate of drug-likeness (QED) is 0.396. The molecule has 0 fully saturated rings. The third-order valence-corrected chi connectivity index (χ3v) is 7.13. The number of fused-ring (bicyclic) bond motifs is 3. The number of benzene rings is 4. The molecule has 10 radical (unpaired) electrons. The first-order chi connectivity index (χ1) is 14.9. The van der Waals surface area contributed by atoms with Crippen molar-refractivity contribution >= 4 is 98.1 Å². The van der Waals surface area contributed by atoms with E-state index in [0.29, 0.717) is 16.5 Å². The average Bonchev–Trinajstić information content (AvgIpc) is 3.16. The highest BCUT2D eigenvalue weighted by molar-refractivity contribution is 7.25. The van der Waals surface area contributed by atoms with Crippen LogP contribution in [0.15, 0.2) is 60.7 Å². The lowest BCUT2D eigenvalue weighted by Crippen LogP contribution is -2.55. The molecule has 0 amide bonds. The minimum Gasteiger partial charge on any atom is -0.135 e. The van der Waals surface area contributed by atoms with Gasteiger partial charge >= 0.3 is 0 Å². The van der Waals surface area contributed by atoms with Crippen LogP contribution in [0.4, 0.5) is 0 Å². The van der Waals surface area contributed by atoms with Crippen molar-refractivity contribution in [2.45, 2.75) is 6.92 Å². The lowest BCUT2D eigenvalue weighted by Gasteiger charge is -2.23. The van der Waals surface area contributed by atoms with Crippen LogP contribution in [0, 0.1) is 6.92 Å². The van der Waals surface area contributed by atoms with Gasteiger partial charge in [-0.2, -0.15) is 0 Å². The largest absolute Gasteiger partial charge is 0.135 e. The van der Waals surface area contributed by atoms with E-state index in [2.05, 4.69) is 55.5 Å². The molecule has 0 aliphatic rings. The van der Waals surface area contributed by atoms with Crippen LogP contribution in [0.2, 0.25) is 0 Å². The predicted molar refractivity (Wildman–Crippen MR) is 142 cm³/mol. The molecule has 0 saturated carbocycles. The topological polar surface area (TPSA) is 0 Å². The second kappa shape index (κ2) is 7.53. The van der Waals surface area contributed by atoms with Crippen molar-refractivity contribution in [3.05, 3.63) is 66.2 Å². The van der Waals surface area contributed by atoms with Crippen LogP contribution < -0.4 is 27.3 Å². The molecule has 0 N–H and O–H groups in total. The summed E-state index contributed by atoms with van der Waals surface area (Å²) in [6.07, 6.45) is 0. The Kier molecular flexibility index (Phi) is 4.94. The summed E-state index contributed by atoms with van der Waals surface area (Å²) in [5, 5.41) is 2.50. The van der Waals surface area contributed by atoms with Gasteiger partial charge in [0.25, 0.3) is 0 Å². The highest BCUT2D eigenvalue weighted by Gasteiger charge is 2.17. The van der Waals surface area contributed by atoms with Gasteiger partial charge in [0.15, 0.2) is 0 Å². The van der Waals surface area contributed by atoms with Crippen LogP contribution in [0.25, 0.3) is 42.4 Å². The maximum absolute atomic E-state index is 6.35. The van der Waals surface area contributed by atoms with E-state index < -0.39 is 0 Å². The molecule has 0 atom stereocenters. The number of hydrogen-bond donors (Lipinski definition) is 0. The number of rotatable bonds is 2. The molecule has 0 aliphatic carbocycles. The van der Waals surface area contributed by atoms with Crippen LogP contribution in [-0.4, -0.2) is 39.2 Å². The SMILES string of the molecule is [B]c1c([B])c([B])c(-c2cccc(-c3cccc4sc5ccccc5c34)c2C)c([B])c1[B]. The van der Waals surface area contributed by atoms with Gasteiger partial charge in [-0.1, -0.05) is 59.5 Å². The predicted octanol–water partition coefficient (Wildman–Crippen LogP) is 1.67. The number of thiophene rings is 1. The average molecular weight is 400 g/mol. The highest BCUT2D eigenvalue weighted by Crippen LogP contribution is 2.41. The molecule has 0 saturated heterocycles. The van der Waals surface area contributed by atoms with Gasteiger partial charge in [0.2, 0.25) is 0 Å².